The zero-order chi connectivity index (χ0) is 17.9. The molecule has 0 saturated heterocycles. The van der Waals surface area contributed by atoms with Crippen molar-refractivity contribution in [2.45, 2.75) is 51.0 Å². The molecule has 6 heteroatoms. The number of pyridine rings is 1. The Kier molecular flexibility index (Phi) is 3.39. The molecule has 2 aromatic rings. The number of rotatable bonds is 2. The number of hydrogen-bond acceptors (Lipinski definition) is 4. The molecule has 6 nitrogen and oxygen atoms in total. The van der Waals surface area contributed by atoms with Crippen LogP contribution in [0.5, 0.6) is 5.75 Å². The third kappa shape index (κ3) is 2.50. The number of aryl methyl sites for hydroxylation is 1. The van der Waals surface area contributed by atoms with Crippen LogP contribution in [0.2, 0.25) is 0 Å². The van der Waals surface area contributed by atoms with Gasteiger partial charge in [0.15, 0.2) is 0 Å². The first-order valence-corrected chi connectivity index (χ1v) is 9.49. The number of ether oxygens (including phenoxy) is 1. The summed E-state index contributed by atoms with van der Waals surface area (Å²) in [6, 6.07) is 5.43. The SMILES string of the molecule is Cc1cccc2ncc(OC(=O)NC34CC5CC(CC(C5)C3)C4)c(=O)n12. The number of nitrogens with zero attached hydrogens (tertiary/aromatic N) is 2. The molecule has 6 rings (SSSR count). The molecule has 0 radical (unpaired) electrons. The average Bonchev–Trinajstić information content (AvgIpc) is 2.55. The van der Waals surface area contributed by atoms with Gasteiger partial charge in [0, 0.05) is 11.2 Å². The Morgan fingerprint density at radius 3 is 2.50 bits per heavy atom. The molecule has 0 atom stereocenters. The summed E-state index contributed by atoms with van der Waals surface area (Å²) < 4.78 is 6.87. The largest absolute Gasteiger partial charge is 0.413 e. The van der Waals surface area contributed by atoms with Gasteiger partial charge >= 0.3 is 11.7 Å². The summed E-state index contributed by atoms with van der Waals surface area (Å²) in [4.78, 5) is 29.5. The summed E-state index contributed by atoms with van der Waals surface area (Å²) in [6.45, 7) is 1.83. The van der Waals surface area contributed by atoms with Gasteiger partial charge in [0.25, 0.3) is 0 Å². The van der Waals surface area contributed by atoms with E-state index in [1.807, 2.05) is 19.1 Å². The Morgan fingerprint density at radius 2 is 1.85 bits per heavy atom. The van der Waals surface area contributed by atoms with Gasteiger partial charge in [-0.1, -0.05) is 6.07 Å². The minimum atomic E-state index is -0.528. The number of fused-ring (bicyclic) bond motifs is 1. The topological polar surface area (TPSA) is 72.7 Å². The highest BCUT2D eigenvalue weighted by atomic mass is 16.6. The average molecular weight is 353 g/mol. The predicted molar refractivity (Wildman–Crippen MR) is 96.3 cm³/mol. The lowest BCUT2D eigenvalue weighted by Gasteiger charge is -2.56. The molecular formula is C20H23N3O3. The standard InChI is InChI=1S/C20H23N3O3/c1-12-3-2-4-17-21-11-16(18(24)23(12)17)26-19(25)22-20-8-13-5-14(9-20)7-15(6-13)10-20/h2-4,11,13-15H,5-10H2,1H3,(H,22,25). The van der Waals surface area contributed by atoms with Gasteiger partial charge < -0.3 is 10.1 Å². The highest BCUT2D eigenvalue weighted by Crippen LogP contribution is 2.55. The Balaban J connectivity index is 1.38. The van der Waals surface area contributed by atoms with E-state index in [1.165, 1.54) is 29.9 Å². The van der Waals surface area contributed by atoms with Gasteiger partial charge in [-0.15, -0.1) is 0 Å². The highest BCUT2D eigenvalue weighted by Gasteiger charge is 2.51. The Bertz CT molecular complexity index is 914. The third-order valence-corrected chi connectivity index (χ3v) is 6.50. The quantitative estimate of drug-likeness (QED) is 0.901. The summed E-state index contributed by atoms with van der Waals surface area (Å²) in [6.07, 6.45) is 7.88. The predicted octanol–water partition coefficient (Wildman–Crippen LogP) is 3.06. The molecule has 0 aromatic carbocycles. The van der Waals surface area contributed by atoms with Crippen molar-refractivity contribution < 1.29 is 9.53 Å². The van der Waals surface area contributed by atoms with Gasteiger partial charge in [0.1, 0.15) is 5.65 Å². The van der Waals surface area contributed by atoms with Crippen LogP contribution in [0.15, 0.2) is 29.2 Å². The summed E-state index contributed by atoms with van der Waals surface area (Å²) in [5.74, 6) is 2.17. The molecule has 136 valence electrons. The second-order valence-corrected chi connectivity index (χ2v) is 8.50. The van der Waals surface area contributed by atoms with Crippen LogP contribution in [-0.4, -0.2) is 21.0 Å². The van der Waals surface area contributed by atoms with Crippen molar-refractivity contribution in [2.75, 3.05) is 0 Å². The first-order chi connectivity index (χ1) is 12.5. The van der Waals surface area contributed by atoms with E-state index in [0.717, 1.165) is 42.7 Å². The van der Waals surface area contributed by atoms with Gasteiger partial charge in [-0.2, -0.15) is 0 Å². The van der Waals surface area contributed by atoms with Gasteiger partial charge in [0.2, 0.25) is 5.75 Å². The lowest BCUT2D eigenvalue weighted by atomic mass is 9.53. The second-order valence-electron chi connectivity index (χ2n) is 8.50. The van der Waals surface area contributed by atoms with E-state index < -0.39 is 6.09 Å². The van der Waals surface area contributed by atoms with Crippen LogP contribution in [-0.2, 0) is 0 Å². The van der Waals surface area contributed by atoms with Crippen molar-refractivity contribution >= 4 is 11.7 Å². The van der Waals surface area contributed by atoms with Crippen LogP contribution in [0.1, 0.15) is 44.2 Å². The van der Waals surface area contributed by atoms with Crippen LogP contribution < -0.4 is 15.6 Å². The molecule has 4 fully saturated rings. The number of nitrogens with one attached hydrogen (secondary N) is 1. The molecule has 1 N–H and O–H groups in total. The van der Waals surface area contributed by atoms with Crippen molar-refractivity contribution in [2.24, 2.45) is 17.8 Å². The van der Waals surface area contributed by atoms with Crippen molar-refractivity contribution in [1.82, 2.24) is 14.7 Å². The van der Waals surface area contributed by atoms with Gasteiger partial charge in [-0.3, -0.25) is 9.20 Å². The number of carbonyl (C=O) groups excluding carboxylic acids is 1. The first-order valence-electron chi connectivity index (χ1n) is 9.49. The zero-order valence-corrected chi connectivity index (χ0v) is 14.9. The molecule has 4 bridgehead atoms. The molecule has 1 amide bonds. The van der Waals surface area contributed by atoms with Crippen molar-refractivity contribution in [3.63, 3.8) is 0 Å². The van der Waals surface area contributed by atoms with Crippen LogP contribution in [0.4, 0.5) is 4.79 Å². The lowest BCUT2D eigenvalue weighted by molar-refractivity contribution is -0.0161. The molecule has 4 aliphatic carbocycles. The molecule has 2 aromatic heterocycles. The monoisotopic (exact) mass is 353 g/mol. The van der Waals surface area contributed by atoms with E-state index in [9.17, 15) is 9.59 Å². The maximum absolute atomic E-state index is 12.7. The molecule has 2 heterocycles. The molecular weight excluding hydrogens is 330 g/mol. The van der Waals surface area contributed by atoms with Gasteiger partial charge in [0.05, 0.1) is 6.20 Å². The highest BCUT2D eigenvalue weighted by molar-refractivity contribution is 5.71. The minimum absolute atomic E-state index is 0.0287. The van der Waals surface area contributed by atoms with Crippen molar-refractivity contribution in [3.05, 3.63) is 40.4 Å². The number of carbonyl (C=O) groups is 1. The first kappa shape index (κ1) is 15.9. The van der Waals surface area contributed by atoms with Gasteiger partial charge in [-0.25, -0.2) is 9.78 Å². The van der Waals surface area contributed by atoms with Crippen LogP contribution in [0.3, 0.4) is 0 Å². The van der Waals surface area contributed by atoms with Crippen LogP contribution in [0, 0.1) is 24.7 Å². The molecule has 0 unspecified atom stereocenters. The Hall–Kier alpha value is -2.37. The Labute approximate surface area is 151 Å². The van der Waals surface area contributed by atoms with E-state index in [2.05, 4.69) is 10.3 Å². The Morgan fingerprint density at radius 1 is 1.19 bits per heavy atom. The number of hydrogen-bond donors (Lipinski definition) is 1. The molecule has 4 aliphatic rings. The minimum Gasteiger partial charge on any atom is -0.403 e. The lowest BCUT2D eigenvalue weighted by Crippen LogP contribution is -2.60. The fourth-order valence-electron chi connectivity index (χ4n) is 5.93. The van der Waals surface area contributed by atoms with Crippen LogP contribution >= 0.6 is 0 Å². The second kappa shape index (κ2) is 5.56. The normalized spacial score (nSPS) is 32.0. The van der Waals surface area contributed by atoms with Crippen molar-refractivity contribution in [3.8, 4) is 5.75 Å². The van der Waals surface area contributed by atoms with Crippen LogP contribution in [0.25, 0.3) is 5.65 Å². The number of aromatic nitrogens is 2. The van der Waals surface area contributed by atoms with E-state index in [1.54, 1.807) is 6.07 Å². The molecule has 26 heavy (non-hydrogen) atoms. The van der Waals surface area contributed by atoms with E-state index in [0.29, 0.717) is 5.65 Å². The maximum Gasteiger partial charge on any atom is 0.413 e. The molecule has 4 saturated carbocycles. The summed E-state index contributed by atoms with van der Waals surface area (Å²) >= 11 is 0. The smallest absolute Gasteiger partial charge is 0.403 e. The van der Waals surface area contributed by atoms with Gasteiger partial charge in [-0.05, 0) is 75.3 Å². The molecule has 0 spiro atoms. The molecule has 0 aliphatic heterocycles. The van der Waals surface area contributed by atoms with E-state index in [4.69, 9.17) is 4.74 Å². The summed E-state index contributed by atoms with van der Waals surface area (Å²) in [5.41, 5.74) is 0.812. The maximum atomic E-state index is 12.7. The third-order valence-electron chi connectivity index (χ3n) is 6.50. The summed E-state index contributed by atoms with van der Waals surface area (Å²) in [5, 5.41) is 3.13. The van der Waals surface area contributed by atoms with Crippen molar-refractivity contribution in [1.29, 1.82) is 0 Å². The number of amides is 1. The fourth-order valence-corrected chi connectivity index (χ4v) is 5.93. The summed E-state index contributed by atoms with van der Waals surface area (Å²) in [7, 11) is 0. The fraction of sp³-hybridized carbons (Fsp3) is 0.550. The zero-order valence-electron chi connectivity index (χ0n) is 14.9. The van der Waals surface area contributed by atoms with E-state index in [-0.39, 0.29) is 16.8 Å². The van der Waals surface area contributed by atoms with E-state index >= 15 is 0 Å².